The fraction of sp³-hybridized carbons (Fsp3) is 0.333. The summed E-state index contributed by atoms with van der Waals surface area (Å²) in [6.45, 7) is 0.482. The van der Waals surface area contributed by atoms with Crippen LogP contribution in [0.5, 0.6) is 0 Å². The van der Waals surface area contributed by atoms with E-state index in [1.54, 1.807) is 18.2 Å². The number of hydrogen-bond acceptors (Lipinski definition) is 4. The number of carbonyl (C=O) groups is 2. The van der Waals surface area contributed by atoms with Crippen molar-refractivity contribution in [3.05, 3.63) is 33.8 Å². The fourth-order valence-corrected chi connectivity index (χ4v) is 2.26. The standard InChI is InChI=1S/C12H12BrNO4/c1-12(5-15,6-16)14-10(17)8-3-2-7(13)4-9(8)11(14)18/h2-4,15-16H,5-6H2,1H3. The first-order valence-electron chi connectivity index (χ1n) is 5.35. The summed E-state index contributed by atoms with van der Waals surface area (Å²) in [6.07, 6.45) is 0. The number of halogens is 1. The van der Waals surface area contributed by atoms with E-state index in [2.05, 4.69) is 15.9 Å². The number of rotatable bonds is 3. The summed E-state index contributed by atoms with van der Waals surface area (Å²) in [7, 11) is 0. The van der Waals surface area contributed by atoms with E-state index in [-0.39, 0.29) is 11.1 Å². The molecular weight excluding hydrogens is 302 g/mol. The summed E-state index contributed by atoms with van der Waals surface area (Å²) >= 11 is 3.24. The van der Waals surface area contributed by atoms with E-state index in [0.29, 0.717) is 4.47 Å². The molecule has 1 aliphatic heterocycles. The van der Waals surface area contributed by atoms with Crippen LogP contribution in [0.2, 0.25) is 0 Å². The van der Waals surface area contributed by atoms with Gasteiger partial charge in [0.15, 0.2) is 0 Å². The Morgan fingerprint density at radius 3 is 2.28 bits per heavy atom. The molecule has 96 valence electrons. The zero-order valence-electron chi connectivity index (χ0n) is 9.68. The minimum atomic E-state index is -1.29. The Hall–Kier alpha value is -1.24. The normalized spacial score (nSPS) is 15.2. The van der Waals surface area contributed by atoms with Gasteiger partial charge in [0.05, 0.1) is 29.9 Å². The highest BCUT2D eigenvalue weighted by Crippen LogP contribution is 2.30. The zero-order chi connectivity index (χ0) is 13.5. The van der Waals surface area contributed by atoms with Crippen molar-refractivity contribution in [2.24, 2.45) is 0 Å². The van der Waals surface area contributed by atoms with Crippen molar-refractivity contribution >= 4 is 27.7 Å². The molecule has 18 heavy (non-hydrogen) atoms. The Kier molecular flexibility index (Phi) is 3.27. The molecule has 2 rings (SSSR count). The first-order chi connectivity index (χ1) is 8.44. The number of nitrogens with zero attached hydrogens (tertiary/aromatic N) is 1. The summed E-state index contributed by atoms with van der Waals surface area (Å²) in [4.78, 5) is 25.3. The van der Waals surface area contributed by atoms with Gasteiger partial charge in [-0.15, -0.1) is 0 Å². The Bertz CT molecular complexity index is 525. The lowest BCUT2D eigenvalue weighted by molar-refractivity contribution is 0.00988. The number of fused-ring (bicyclic) bond motifs is 1. The van der Waals surface area contributed by atoms with Crippen molar-refractivity contribution in [3.63, 3.8) is 0 Å². The second kappa shape index (κ2) is 4.46. The molecule has 1 heterocycles. The highest BCUT2D eigenvalue weighted by atomic mass is 79.9. The van der Waals surface area contributed by atoms with Gasteiger partial charge in [-0.05, 0) is 25.1 Å². The van der Waals surface area contributed by atoms with Crippen LogP contribution in [-0.2, 0) is 0 Å². The minimum Gasteiger partial charge on any atom is -0.394 e. The van der Waals surface area contributed by atoms with Gasteiger partial charge in [-0.3, -0.25) is 14.5 Å². The van der Waals surface area contributed by atoms with Crippen molar-refractivity contribution < 1.29 is 19.8 Å². The lowest BCUT2D eigenvalue weighted by atomic mass is 10.0. The number of amides is 2. The first kappa shape index (κ1) is 13.2. The van der Waals surface area contributed by atoms with Crippen LogP contribution in [0, 0.1) is 0 Å². The second-order valence-corrected chi connectivity index (χ2v) is 5.36. The number of hydrogen-bond donors (Lipinski definition) is 2. The monoisotopic (exact) mass is 313 g/mol. The zero-order valence-corrected chi connectivity index (χ0v) is 11.3. The van der Waals surface area contributed by atoms with Crippen molar-refractivity contribution in [1.29, 1.82) is 0 Å². The van der Waals surface area contributed by atoms with Gasteiger partial charge in [0.25, 0.3) is 11.8 Å². The third-order valence-corrected chi connectivity index (χ3v) is 3.56. The van der Waals surface area contributed by atoms with Gasteiger partial charge in [0, 0.05) is 4.47 Å². The SMILES string of the molecule is CC(CO)(CO)N1C(=O)c2ccc(Br)cc2C1=O. The van der Waals surface area contributed by atoms with Crippen LogP contribution < -0.4 is 0 Å². The quantitative estimate of drug-likeness (QED) is 0.809. The molecule has 5 nitrogen and oxygen atoms in total. The van der Waals surface area contributed by atoms with Gasteiger partial charge in [-0.25, -0.2) is 0 Å². The van der Waals surface area contributed by atoms with E-state index in [0.717, 1.165) is 4.90 Å². The molecule has 2 N–H and O–H groups in total. The fourth-order valence-electron chi connectivity index (χ4n) is 1.89. The molecule has 0 fully saturated rings. The van der Waals surface area contributed by atoms with E-state index in [4.69, 9.17) is 0 Å². The molecule has 1 aromatic rings. The summed E-state index contributed by atoms with van der Waals surface area (Å²) in [5, 5.41) is 18.6. The minimum absolute atomic E-state index is 0.280. The van der Waals surface area contributed by atoms with Crippen LogP contribution in [-0.4, -0.2) is 45.7 Å². The molecule has 0 aliphatic carbocycles. The number of carbonyl (C=O) groups excluding carboxylic acids is 2. The number of benzene rings is 1. The van der Waals surface area contributed by atoms with Gasteiger partial charge in [0.1, 0.15) is 0 Å². The molecular formula is C12H12BrNO4. The maximum Gasteiger partial charge on any atom is 0.262 e. The maximum absolute atomic E-state index is 12.2. The lowest BCUT2D eigenvalue weighted by Gasteiger charge is -2.33. The lowest BCUT2D eigenvalue weighted by Crippen LogP contribution is -2.54. The van der Waals surface area contributed by atoms with Gasteiger partial charge >= 0.3 is 0 Å². The Balaban J connectivity index is 2.52. The Morgan fingerprint density at radius 1 is 1.17 bits per heavy atom. The van der Waals surface area contributed by atoms with Crippen molar-refractivity contribution in [2.45, 2.75) is 12.5 Å². The van der Waals surface area contributed by atoms with E-state index in [9.17, 15) is 19.8 Å². The highest BCUT2D eigenvalue weighted by Gasteiger charge is 2.46. The van der Waals surface area contributed by atoms with Gasteiger partial charge in [-0.2, -0.15) is 0 Å². The molecule has 0 atom stereocenters. The summed E-state index contributed by atoms with van der Waals surface area (Å²) in [5.74, 6) is -0.991. The van der Waals surface area contributed by atoms with Gasteiger partial charge in [0.2, 0.25) is 0 Å². The maximum atomic E-state index is 12.2. The molecule has 6 heteroatoms. The molecule has 2 amide bonds. The predicted octanol–water partition coefficient (Wildman–Crippen LogP) is 0.788. The second-order valence-electron chi connectivity index (χ2n) is 4.45. The molecule has 1 aromatic carbocycles. The summed E-state index contributed by atoms with van der Waals surface area (Å²) < 4.78 is 0.693. The van der Waals surface area contributed by atoms with E-state index >= 15 is 0 Å². The number of imide groups is 1. The van der Waals surface area contributed by atoms with Crippen molar-refractivity contribution in [1.82, 2.24) is 4.90 Å². The number of aliphatic hydroxyl groups excluding tert-OH is 2. The molecule has 0 saturated carbocycles. The Labute approximate surface area is 112 Å². The van der Waals surface area contributed by atoms with E-state index < -0.39 is 30.6 Å². The van der Waals surface area contributed by atoms with Crippen molar-refractivity contribution in [2.75, 3.05) is 13.2 Å². The van der Waals surface area contributed by atoms with Crippen LogP contribution >= 0.6 is 15.9 Å². The number of aliphatic hydroxyl groups is 2. The van der Waals surface area contributed by atoms with Gasteiger partial charge < -0.3 is 10.2 Å². The molecule has 1 aliphatic rings. The van der Waals surface area contributed by atoms with E-state index in [1.807, 2.05) is 0 Å². The summed E-state index contributed by atoms with van der Waals surface area (Å²) in [6, 6.07) is 4.78. The van der Waals surface area contributed by atoms with Crippen LogP contribution in [0.3, 0.4) is 0 Å². The van der Waals surface area contributed by atoms with Gasteiger partial charge in [-0.1, -0.05) is 15.9 Å². The van der Waals surface area contributed by atoms with Crippen LogP contribution in [0.4, 0.5) is 0 Å². The van der Waals surface area contributed by atoms with E-state index in [1.165, 1.54) is 6.92 Å². The predicted molar refractivity (Wildman–Crippen MR) is 67.2 cm³/mol. The molecule has 0 spiro atoms. The first-order valence-corrected chi connectivity index (χ1v) is 6.14. The third-order valence-electron chi connectivity index (χ3n) is 3.07. The van der Waals surface area contributed by atoms with Crippen LogP contribution in [0.25, 0.3) is 0 Å². The average Bonchev–Trinajstić information content (AvgIpc) is 2.61. The van der Waals surface area contributed by atoms with Crippen molar-refractivity contribution in [3.8, 4) is 0 Å². The third kappa shape index (κ3) is 1.77. The molecule has 0 saturated heterocycles. The van der Waals surface area contributed by atoms with Crippen LogP contribution in [0.1, 0.15) is 27.6 Å². The average molecular weight is 314 g/mol. The molecule has 0 unspecified atom stereocenters. The molecule has 0 aromatic heterocycles. The molecule has 0 radical (unpaired) electrons. The summed E-state index contributed by atoms with van der Waals surface area (Å²) in [5.41, 5.74) is -0.724. The molecule has 0 bridgehead atoms. The van der Waals surface area contributed by atoms with Crippen LogP contribution in [0.15, 0.2) is 22.7 Å². The topological polar surface area (TPSA) is 77.8 Å². The smallest absolute Gasteiger partial charge is 0.262 e. The largest absolute Gasteiger partial charge is 0.394 e. The highest BCUT2D eigenvalue weighted by molar-refractivity contribution is 9.10. The Morgan fingerprint density at radius 2 is 1.72 bits per heavy atom.